The van der Waals surface area contributed by atoms with Gasteiger partial charge < -0.3 is 15.2 Å². The molecule has 1 heterocycles. The molecule has 0 atom stereocenters. The van der Waals surface area contributed by atoms with Gasteiger partial charge in [0.15, 0.2) is 11.5 Å². The van der Waals surface area contributed by atoms with Crippen molar-refractivity contribution in [1.82, 2.24) is 9.97 Å². The van der Waals surface area contributed by atoms with E-state index >= 15 is 0 Å². The highest BCUT2D eigenvalue weighted by Crippen LogP contribution is 2.22. The fraction of sp³-hybridized carbons (Fsp3) is 0.267. The number of hydrogen-bond donors (Lipinski definition) is 2. The monoisotopic (exact) mass is 287 g/mol. The number of methoxy groups -OCH3 is 1. The first-order chi connectivity index (χ1) is 9.99. The second-order valence-corrected chi connectivity index (χ2v) is 4.80. The molecule has 0 saturated heterocycles. The van der Waals surface area contributed by atoms with E-state index in [0.717, 1.165) is 0 Å². The van der Waals surface area contributed by atoms with Crippen molar-refractivity contribution in [1.29, 1.82) is 0 Å². The molecule has 0 radical (unpaired) electrons. The number of anilines is 1. The number of carboxylic acid groups (broad SMARTS) is 1. The van der Waals surface area contributed by atoms with Gasteiger partial charge in [0, 0.05) is 17.7 Å². The van der Waals surface area contributed by atoms with Gasteiger partial charge >= 0.3 is 5.97 Å². The molecule has 0 saturated carbocycles. The van der Waals surface area contributed by atoms with Gasteiger partial charge in [0.2, 0.25) is 0 Å². The lowest BCUT2D eigenvalue weighted by Gasteiger charge is -2.11. The smallest absolute Gasteiger partial charge is 0.354 e. The minimum absolute atomic E-state index is 0.0500. The van der Waals surface area contributed by atoms with Crippen LogP contribution in [0.15, 0.2) is 30.3 Å². The molecule has 0 fully saturated rings. The Labute approximate surface area is 122 Å². The van der Waals surface area contributed by atoms with Gasteiger partial charge in [-0.05, 0) is 26.0 Å². The number of nitrogens with one attached hydrogen (secondary N) is 1. The third kappa shape index (κ3) is 3.68. The number of rotatable bonds is 5. The average molecular weight is 287 g/mol. The summed E-state index contributed by atoms with van der Waals surface area (Å²) >= 11 is 0. The Bertz CT molecular complexity index is 656. The van der Waals surface area contributed by atoms with Crippen LogP contribution in [-0.2, 0) is 0 Å². The summed E-state index contributed by atoms with van der Waals surface area (Å²) in [5.41, 5.74) is 0.648. The van der Waals surface area contributed by atoms with E-state index in [9.17, 15) is 9.90 Å². The number of aromatic carboxylic acids is 1. The minimum atomic E-state index is -1.09. The molecule has 1 aromatic carbocycles. The molecule has 0 aliphatic heterocycles. The number of hydrogen-bond acceptors (Lipinski definition) is 5. The summed E-state index contributed by atoms with van der Waals surface area (Å²) in [4.78, 5) is 19.6. The standard InChI is InChI=1S/C15H17N3O3/c1-9(2)16-13-8-12(15(19)20)17-14(18-13)10-5-4-6-11(7-10)21-3/h4-9H,1-3H3,(H,19,20)(H,16,17,18). The Kier molecular flexibility index (Phi) is 4.37. The van der Waals surface area contributed by atoms with E-state index in [0.29, 0.717) is 23.0 Å². The molecule has 0 aliphatic carbocycles. The molecule has 0 amide bonds. The van der Waals surface area contributed by atoms with Gasteiger partial charge in [-0.25, -0.2) is 14.8 Å². The molecule has 2 aromatic rings. The van der Waals surface area contributed by atoms with Crippen LogP contribution in [0.2, 0.25) is 0 Å². The molecule has 2 rings (SSSR count). The molecule has 2 N–H and O–H groups in total. The second kappa shape index (κ2) is 6.21. The van der Waals surface area contributed by atoms with Gasteiger partial charge in [0.25, 0.3) is 0 Å². The molecule has 0 aliphatic rings. The van der Waals surface area contributed by atoms with Crippen molar-refractivity contribution in [3.05, 3.63) is 36.0 Å². The second-order valence-electron chi connectivity index (χ2n) is 4.80. The number of aromatic nitrogens is 2. The van der Waals surface area contributed by atoms with Gasteiger partial charge in [0.1, 0.15) is 11.6 Å². The topological polar surface area (TPSA) is 84.3 Å². The van der Waals surface area contributed by atoms with Gasteiger partial charge in [-0.3, -0.25) is 0 Å². The van der Waals surface area contributed by atoms with Crippen LogP contribution in [0.5, 0.6) is 5.75 Å². The van der Waals surface area contributed by atoms with E-state index in [1.807, 2.05) is 19.9 Å². The van der Waals surface area contributed by atoms with Gasteiger partial charge in [0.05, 0.1) is 7.11 Å². The lowest BCUT2D eigenvalue weighted by Crippen LogP contribution is -2.13. The summed E-state index contributed by atoms with van der Waals surface area (Å²) in [5, 5.41) is 12.3. The van der Waals surface area contributed by atoms with Crippen LogP contribution in [0.4, 0.5) is 5.82 Å². The van der Waals surface area contributed by atoms with Crippen molar-refractivity contribution < 1.29 is 14.6 Å². The van der Waals surface area contributed by atoms with Crippen molar-refractivity contribution in [2.75, 3.05) is 12.4 Å². The van der Waals surface area contributed by atoms with E-state index in [-0.39, 0.29) is 11.7 Å². The Morgan fingerprint density at radius 1 is 1.29 bits per heavy atom. The molecule has 110 valence electrons. The molecule has 0 bridgehead atoms. The zero-order valence-corrected chi connectivity index (χ0v) is 12.1. The molecular weight excluding hydrogens is 270 g/mol. The predicted molar refractivity (Wildman–Crippen MR) is 79.7 cm³/mol. The van der Waals surface area contributed by atoms with Crippen molar-refractivity contribution in [3.8, 4) is 17.1 Å². The maximum atomic E-state index is 11.2. The summed E-state index contributed by atoms with van der Waals surface area (Å²) in [6.45, 7) is 3.90. The van der Waals surface area contributed by atoms with Crippen molar-refractivity contribution in [3.63, 3.8) is 0 Å². The number of benzene rings is 1. The van der Waals surface area contributed by atoms with E-state index < -0.39 is 5.97 Å². The van der Waals surface area contributed by atoms with Gasteiger partial charge in [-0.1, -0.05) is 12.1 Å². The normalized spacial score (nSPS) is 10.5. The first-order valence-electron chi connectivity index (χ1n) is 6.53. The van der Waals surface area contributed by atoms with Crippen LogP contribution in [-0.4, -0.2) is 34.2 Å². The molecule has 0 spiro atoms. The zero-order valence-electron chi connectivity index (χ0n) is 12.1. The van der Waals surface area contributed by atoms with Crippen LogP contribution in [0.3, 0.4) is 0 Å². The van der Waals surface area contributed by atoms with Gasteiger partial charge in [-0.15, -0.1) is 0 Å². The largest absolute Gasteiger partial charge is 0.497 e. The first-order valence-corrected chi connectivity index (χ1v) is 6.53. The van der Waals surface area contributed by atoms with E-state index in [1.54, 1.807) is 25.3 Å². The van der Waals surface area contributed by atoms with Crippen LogP contribution in [0.25, 0.3) is 11.4 Å². The maximum absolute atomic E-state index is 11.2. The van der Waals surface area contributed by atoms with Crippen LogP contribution in [0.1, 0.15) is 24.3 Å². The zero-order chi connectivity index (χ0) is 15.4. The summed E-state index contributed by atoms with van der Waals surface area (Å²) in [6.07, 6.45) is 0. The lowest BCUT2D eigenvalue weighted by atomic mass is 10.2. The third-order valence-electron chi connectivity index (χ3n) is 2.71. The SMILES string of the molecule is COc1cccc(-c2nc(NC(C)C)cc(C(=O)O)n2)c1. The van der Waals surface area contributed by atoms with Crippen LogP contribution in [0, 0.1) is 0 Å². The van der Waals surface area contributed by atoms with Crippen LogP contribution >= 0.6 is 0 Å². The van der Waals surface area contributed by atoms with E-state index in [1.165, 1.54) is 6.07 Å². The summed E-state index contributed by atoms with van der Waals surface area (Å²) in [5.74, 6) is 0.399. The number of nitrogens with zero attached hydrogens (tertiary/aromatic N) is 2. The number of ether oxygens (including phenoxy) is 1. The quantitative estimate of drug-likeness (QED) is 0.879. The number of carboxylic acids is 1. The summed E-state index contributed by atoms with van der Waals surface area (Å²) in [6, 6.07) is 8.74. The van der Waals surface area contributed by atoms with Crippen molar-refractivity contribution in [2.24, 2.45) is 0 Å². The maximum Gasteiger partial charge on any atom is 0.354 e. The highest BCUT2D eigenvalue weighted by atomic mass is 16.5. The van der Waals surface area contributed by atoms with E-state index in [4.69, 9.17) is 4.74 Å². The first kappa shape index (κ1) is 14.8. The molecule has 6 heteroatoms. The minimum Gasteiger partial charge on any atom is -0.497 e. The van der Waals surface area contributed by atoms with Crippen molar-refractivity contribution in [2.45, 2.75) is 19.9 Å². The molecule has 6 nitrogen and oxygen atoms in total. The fourth-order valence-electron chi connectivity index (χ4n) is 1.82. The fourth-order valence-corrected chi connectivity index (χ4v) is 1.82. The predicted octanol–water partition coefficient (Wildman–Crippen LogP) is 2.67. The highest BCUT2D eigenvalue weighted by Gasteiger charge is 2.12. The molecular formula is C15H17N3O3. The molecule has 0 unspecified atom stereocenters. The highest BCUT2D eigenvalue weighted by molar-refractivity contribution is 5.87. The Hall–Kier alpha value is -2.63. The third-order valence-corrected chi connectivity index (χ3v) is 2.71. The summed E-state index contributed by atoms with van der Waals surface area (Å²) < 4.78 is 5.16. The Morgan fingerprint density at radius 2 is 2.05 bits per heavy atom. The van der Waals surface area contributed by atoms with Crippen molar-refractivity contribution >= 4 is 11.8 Å². The van der Waals surface area contributed by atoms with E-state index in [2.05, 4.69) is 15.3 Å². The van der Waals surface area contributed by atoms with Gasteiger partial charge in [-0.2, -0.15) is 0 Å². The Balaban J connectivity index is 2.50. The number of carbonyl (C=O) groups is 1. The molecule has 21 heavy (non-hydrogen) atoms. The molecule has 1 aromatic heterocycles. The summed E-state index contributed by atoms with van der Waals surface area (Å²) in [7, 11) is 1.57. The Morgan fingerprint density at radius 3 is 2.67 bits per heavy atom. The van der Waals surface area contributed by atoms with Crippen LogP contribution < -0.4 is 10.1 Å². The average Bonchev–Trinajstić information content (AvgIpc) is 2.46. The lowest BCUT2D eigenvalue weighted by molar-refractivity contribution is 0.0690.